The summed E-state index contributed by atoms with van der Waals surface area (Å²) in [6, 6.07) is 0. The zero-order valence-electron chi connectivity index (χ0n) is 8.97. The summed E-state index contributed by atoms with van der Waals surface area (Å²) in [5, 5.41) is 0. The monoisotopic (exact) mass is 223 g/mol. The Morgan fingerprint density at radius 1 is 1.40 bits per heavy atom. The molecule has 0 fully saturated rings. The standard InChI is InChI=1S/C10H16F3NO/c1-3-5-7-14(8-10(11,12)13)9(15)6-4-2/h4,6H,3,5,7-8H2,1-2H3. The quantitative estimate of drug-likeness (QED) is 0.656. The number of halogens is 3. The van der Waals surface area contributed by atoms with Gasteiger partial charge in [0.05, 0.1) is 0 Å². The largest absolute Gasteiger partial charge is 0.406 e. The van der Waals surface area contributed by atoms with E-state index in [1.165, 1.54) is 6.08 Å². The molecule has 0 heterocycles. The van der Waals surface area contributed by atoms with Crippen molar-refractivity contribution in [2.24, 2.45) is 0 Å². The molecule has 0 saturated carbocycles. The molecule has 0 aliphatic heterocycles. The molecule has 0 spiro atoms. The second-order valence-corrected chi connectivity index (χ2v) is 3.23. The van der Waals surface area contributed by atoms with E-state index < -0.39 is 18.6 Å². The molecule has 88 valence electrons. The van der Waals surface area contributed by atoms with Crippen molar-refractivity contribution in [1.82, 2.24) is 4.90 Å². The maximum absolute atomic E-state index is 12.1. The summed E-state index contributed by atoms with van der Waals surface area (Å²) in [6.07, 6.45) is -0.388. The molecule has 1 amide bonds. The van der Waals surface area contributed by atoms with Crippen LogP contribution in [0.4, 0.5) is 13.2 Å². The first-order chi connectivity index (χ1) is 6.90. The highest BCUT2D eigenvalue weighted by atomic mass is 19.4. The van der Waals surface area contributed by atoms with Crippen molar-refractivity contribution in [2.45, 2.75) is 32.9 Å². The van der Waals surface area contributed by atoms with Gasteiger partial charge < -0.3 is 4.90 Å². The number of hydrogen-bond acceptors (Lipinski definition) is 1. The van der Waals surface area contributed by atoms with Crippen LogP contribution in [0.1, 0.15) is 26.7 Å². The van der Waals surface area contributed by atoms with Crippen molar-refractivity contribution in [3.05, 3.63) is 12.2 Å². The Hall–Kier alpha value is -1.00. The van der Waals surface area contributed by atoms with E-state index in [4.69, 9.17) is 0 Å². The molecule has 2 nitrogen and oxygen atoms in total. The van der Waals surface area contributed by atoms with Gasteiger partial charge in [0.15, 0.2) is 0 Å². The molecule has 0 aliphatic rings. The molecule has 0 unspecified atom stereocenters. The zero-order chi connectivity index (χ0) is 11.9. The molecule has 0 aromatic carbocycles. The highest BCUT2D eigenvalue weighted by Crippen LogP contribution is 2.17. The smallest absolute Gasteiger partial charge is 0.330 e. The summed E-state index contributed by atoms with van der Waals surface area (Å²) in [4.78, 5) is 12.1. The Morgan fingerprint density at radius 3 is 2.40 bits per heavy atom. The van der Waals surface area contributed by atoms with Crippen molar-refractivity contribution < 1.29 is 18.0 Å². The topological polar surface area (TPSA) is 20.3 Å². The van der Waals surface area contributed by atoms with Crippen molar-refractivity contribution in [3.63, 3.8) is 0 Å². The number of nitrogens with zero attached hydrogens (tertiary/aromatic N) is 1. The summed E-state index contributed by atoms with van der Waals surface area (Å²) in [5.41, 5.74) is 0. The first-order valence-corrected chi connectivity index (χ1v) is 4.89. The molecular formula is C10H16F3NO. The Kier molecular flexibility index (Phi) is 6.05. The average Bonchev–Trinajstić information content (AvgIpc) is 2.10. The zero-order valence-corrected chi connectivity index (χ0v) is 8.97. The van der Waals surface area contributed by atoms with Crippen LogP contribution in [0.15, 0.2) is 12.2 Å². The molecule has 0 bridgehead atoms. The normalized spacial score (nSPS) is 12.1. The van der Waals surface area contributed by atoms with E-state index in [0.717, 1.165) is 17.4 Å². The van der Waals surface area contributed by atoms with Crippen LogP contribution < -0.4 is 0 Å². The van der Waals surface area contributed by atoms with E-state index in [-0.39, 0.29) is 6.54 Å². The molecule has 0 saturated heterocycles. The Morgan fingerprint density at radius 2 is 2.00 bits per heavy atom. The molecule has 0 aromatic rings. The first-order valence-electron chi connectivity index (χ1n) is 4.89. The summed E-state index contributed by atoms with van der Waals surface area (Å²) < 4.78 is 36.3. The maximum Gasteiger partial charge on any atom is 0.406 e. The van der Waals surface area contributed by atoms with Gasteiger partial charge in [-0.1, -0.05) is 19.4 Å². The fourth-order valence-corrected chi connectivity index (χ4v) is 1.08. The van der Waals surface area contributed by atoms with E-state index in [1.54, 1.807) is 6.92 Å². The van der Waals surface area contributed by atoms with Gasteiger partial charge in [-0.25, -0.2) is 0 Å². The first kappa shape index (κ1) is 14.0. The summed E-state index contributed by atoms with van der Waals surface area (Å²) in [7, 11) is 0. The van der Waals surface area contributed by atoms with Gasteiger partial charge in [-0.05, 0) is 19.4 Å². The number of carbonyl (C=O) groups excluding carboxylic acids is 1. The number of allylic oxidation sites excluding steroid dienone is 1. The summed E-state index contributed by atoms with van der Waals surface area (Å²) in [5.74, 6) is -0.580. The third-order valence-corrected chi connectivity index (χ3v) is 1.77. The number of hydrogen-bond donors (Lipinski definition) is 0. The Labute approximate surface area is 87.8 Å². The highest BCUT2D eigenvalue weighted by molar-refractivity contribution is 5.87. The number of alkyl halides is 3. The fraction of sp³-hybridized carbons (Fsp3) is 0.700. The third-order valence-electron chi connectivity index (χ3n) is 1.77. The minimum Gasteiger partial charge on any atom is -0.330 e. The predicted octanol–water partition coefficient (Wildman–Crippen LogP) is 2.75. The lowest BCUT2D eigenvalue weighted by atomic mass is 10.3. The maximum atomic E-state index is 12.1. The molecule has 0 N–H and O–H groups in total. The van der Waals surface area contributed by atoms with Gasteiger partial charge in [-0.15, -0.1) is 0 Å². The number of carbonyl (C=O) groups is 1. The Balaban J connectivity index is 4.36. The van der Waals surface area contributed by atoms with Crippen LogP contribution in [-0.4, -0.2) is 30.1 Å². The van der Waals surface area contributed by atoms with E-state index in [9.17, 15) is 18.0 Å². The SMILES string of the molecule is CC=CC(=O)N(CCCC)CC(F)(F)F. The van der Waals surface area contributed by atoms with E-state index in [1.807, 2.05) is 6.92 Å². The summed E-state index contributed by atoms with van der Waals surface area (Å²) >= 11 is 0. The van der Waals surface area contributed by atoms with Crippen LogP contribution in [-0.2, 0) is 4.79 Å². The molecule has 15 heavy (non-hydrogen) atoms. The van der Waals surface area contributed by atoms with Crippen LogP contribution in [0.5, 0.6) is 0 Å². The number of unbranched alkanes of at least 4 members (excludes halogenated alkanes) is 1. The van der Waals surface area contributed by atoms with Gasteiger partial charge in [-0.3, -0.25) is 4.79 Å². The van der Waals surface area contributed by atoms with Crippen molar-refractivity contribution in [3.8, 4) is 0 Å². The molecule has 0 aliphatic carbocycles. The second kappa shape index (κ2) is 6.48. The van der Waals surface area contributed by atoms with Crippen LogP contribution in [0.2, 0.25) is 0 Å². The number of rotatable bonds is 5. The van der Waals surface area contributed by atoms with Gasteiger partial charge >= 0.3 is 6.18 Å². The lowest BCUT2D eigenvalue weighted by molar-refractivity contribution is -0.158. The van der Waals surface area contributed by atoms with Crippen molar-refractivity contribution >= 4 is 5.91 Å². The molecule has 0 atom stereocenters. The molecule has 5 heteroatoms. The van der Waals surface area contributed by atoms with Gasteiger partial charge in [0.1, 0.15) is 6.54 Å². The van der Waals surface area contributed by atoms with Crippen LogP contribution in [0.3, 0.4) is 0 Å². The van der Waals surface area contributed by atoms with Crippen molar-refractivity contribution in [1.29, 1.82) is 0 Å². The predicted molar refractivity (Wildman–Crippen MR) is 52.4 cm³/mol. The molecule has 0 radical (unpaired) electrons. The highest BCUT2D eigenvalue weighted by Gasteiger charge is 2.31. The van der Waals surface area contributed by atoms with Gasteiger partial charge in [0.2, 0.25) is 5.91 Å². The van der Waals surface area contributed by atoms with Crippen LogP contribution in [0.25, 0.3) is 0 Å². The number of amides is 1. The van der Waals surface area contributed by atoms with E-state index >= 15 is 0 Å². The van der Waals surface area contributed by atoms with Gasteiger partial charge in [0.25, 0.3) is 0 Å². The molecular weight excluding hydrogens is 207 g/mol. The molecule has 0 rings (SSSR count). The van der Waals surface area contributed by atoms with Crippen molar-refractivity contribution in [2.75, 3.05) is 13.1 Å². The van der Waals surface area contributed by atoms with Crippen LogP contribution >= 0.6 is 0 Å². The van der Waals surface area contributed by atoms with Gasteiger partial charge in [0, 0.05) is 6.54 Å². The van der Waals surface area contributed by atoms with E-state index in [2.05, 4.69) is 0 Å². The van der Waals surface area contributed by atoms with Gasteiger partial charge in [-0.2, -0.15) is 13.2 Å². The fourth-order valence-electron chi connectivity index (χ4n) is 1.08. The average molecular weight is 223 g/mol. The minimum atomic E-state index is -4.33. The second-order valence-electron chi connectivity index (χ2n) is 3.23. The third kappa shape index (κ3) is 6.99. The Bertz CT molecular complexity index is 223. The van der Waals surface area contributed by atoms with Crippen LogP contribution in [0, 0.1) is 0 Å². The minimum absolute atomic E-state index is 0.152. The summed E-state index contributed by atoms with van der Waals surface area (Å²) in [6.45, 7) is 2.45. The lowest BCUT2D eigenvalue weighted by Crippen LogP contribution is -2.38. The molecule has 0 aromatic heterocycles. The lowest BCUT2D eigenvalue weighted by Gasteiger charge is -2.22. The van der Waals surface area contributed by atoms with E-state index in [0.29, 0.717) is 6.42 Å².